The Kier molecular flexibility index (Phi) is 6.92. The lowest BCUT2D eigenvalue weighted by Crippen LogP contribution is -2.20. The molecule has 59 heavy (non-hydrogen) atoms. The fraction of sp³-hybridized carbons (Fsp3) is 0.0769. The van der Waals surface area contributed by atoms with Crippen molar-refractivity contribution >= 4 is 55.4 Å². The van der Waals surface area contributed by atoms with E-state index in [1.165, 1.54) is 5.56 Å². The summed E-state index contributed by atoms with van der Waals surface area (Å²) in [6, 6.07) is 51.9. The topological polar surface area (TPSA) is 72.1 Å². The number of pyridine rings is 2. The summed E-state index contributed by atoms with van der Waals surface area (Å²) in [4.78, 5) is 12.5. The van der Waals surface area contributed by atoms with Gasteiger partial charge in [0.1, 0.15) is 11.3 Å². The molecule has 3 aromatic heterocycles. The summed E-state index contributed by atoms with van der Waals surface area (Å²) in [5.41, 5.74) is 13.0. The minimum absolute atomic E-state index is 0.00947. The minimum atomic E-state index is -0.140. The van der Waals surface area contributed by atoms with E-state index < -0.39 is 0 Å². The molecule has 0 atom stereocenters. The van der Waals surface area contributed by atoms with Crippen LogP contribution in [-0.2, 0) is 5.41 Å². The molecule has 10 aromatic rings. The first-order valence-corrected chi connectivity index (χ1v) is 19.9. The molecule has 1 N–H and O–H groups in total. The summed E-state index contributed by atoms with van der Waals surface area (Å²) in [7, 11) is 0. The van der Waals surface area contributed by atoms with Crippen LogP contribution in [0.1, 0.15) is 26.3 Å². The van der Waals surface area contributed by atoms with Gasteiger partial charge in [-0.15, -0.1) is 0 Å². The number of fused-ring (bicyclic) bond motifs is 13. The molecule has 0 bridgehead atoms. The van der Waals surface area contributed by atoms with Crippen molar-refractivity contribution in [2.24, 2.45) is 0 Å². The maximum atomic E-state index is 12.6. The first-order valence-electron chi connectivity index (χ1n) is 19.9. The van der Waals surface area contributed by atoms with E-state index in [-0.39, 0.29) is 11.2 Å². The molecule has 5 heterocycles. The van der Waals surface area contributed by atoms with Gasteiger partial charge in [0.25, 0.3) is 0 Å². The van der Waals surface area contributed by atoms with Crippen molar-refractivity contribution in [3.8, 4) is 62.3 Å². The maximum absolute atomic E-state index is 12.6. The summed E-state index contributed by atoms with van der Waals surface area (Å²) >= 11 is 0. The molecule has 0 fully saturated rings. The van der Waals surface area contributed by atoms with E-state index >= 15 is 0 Å². The number of para-hydroxylation sites is 6. The van der Waals surface area contributed by atoms with Crippen molar-refractivity contribution < 1.29 is 14.6 Å². The predicted molar refractivity (Wildman–Crippen MR) is 237 cm³/mol. The molecular weight excluding hydrogens is 729 g/mol. The van der Waals surface area contributed by atoms with Crippen LogP contribution in [0.4, 0.5) is 17.1 Å². The van der Waals surface area contributed by atoms with Crippen molar-refractivity contribution in [2.75, 3.05) is 4.90 Å². The Labute approximate surface area is 340 Å². The third kappa shape index (κ3) is 4.88. The maximum Gasteiger partial charge on any atom is 0.197 e. The molecular formula is C52H36N4O3. The first-order chi connectivity index (χ1) is 28.8. The zero-order chi connectivity index (χ0) is 39.6. The fourth-order valence-electron chi connectivity index (χ4n) is 8.99. The molecule has 0 saturated carbocycles. The molecule has 7 heteroatoms. The van der Waals surface area contributed by atoms with Crippen LogP contribution in [0.25, 0.3) is 71.9 Å². The highest BCUT2D eigenvalue weighted by Crippen LogP contribution is 2.65. The molecule has 0 saturated heterocycles. The van der Waals surface area contributed by atoms with E-state index in [1.807, 2.05) is 72.9 Å². The van der Waals surface area contributed by atoms with Gasteiger partial charge in [-0.05, 0) is 88.3 Å². The zero-order valence-electron chi connectivity index (χ0n) is 32.6. The van der Waals surface area contributed by atoms with E-state index in [0.717, 1.165) is 72.2 Å². The lowest BCUT2D eigenvalue weighted by molar-refractivity contribution is 0.404. The van der Waals surface area contributed by atoms with Crippen LogP contribution in [0.5, 0.6) is 28.7 Å². The number of nitrogens with zero attached hydrogens (tertiary/aromatic N) is 4. The lowest BCUT2D eigenvalue weighted by atomic mass is 9.83. The zero-order valence-corrected chi connectivity index (χ0v) is 32.6. The number of ether oxygens (including phenoxy) is 2. The van der Waals surface area contributed by atoms with Crippen LogP contribution < -0.4 is 14.4 Å². The van der Waals surface area contributed by atoms with Crippen LogP contribution in [0, 0.1) is 0 Å². The summed E-state index contributed by atoms with van der Waals surface area (Å²) in [6.45, 7) is 6.72. The third-order valence-electron chi connectivity index (χ3n) is 11.8. The Morgan fingerprint density at radius 3 is 2.03 bits per heavy atom. The quantitative estimate of drug-likeness (QED) is 0.181. The number of hydrogen-bond acceptors (Lipinski definition) is 6. The second-order valence-corrected chi connectivity index (χ2v) is 16.4. The number of phenolic OH excluding ortho intramolecular Hbond substituents is 1. The van der Waals surface area contributed by atoms with Gasteiger partial charge in [-0.2, -0.15) is 0 Å². The van der Waals surface area contributed by atoms with Crippen molar-refractivity contribution in [1.82, 2.24) is 14.4 Å². The number of hydrogen-bond donors (Lipinski definition) is 1. The summed E-state index contributed by atoms with van der Waals surface area (Å²) in [6.07, 6.45) is 1.89. The molecule has 2 aliphatic heterocycles. The van der Waals surface area contributed by atoms with Gasteiger partial charge in [0.2, 0.25) is 0 Å². The van der Waals surface area contributed by atoms with E-state index in [9.17, 15) is 5.11 Å². The fourth-order valence-corrected chi connectivity index (χ4v) is 8.99. The van der Waals surface area contributed by atoms with Crippen LogP contribution in [0.15, 0.2) is 158 Å². The largest absolute Gasteiger partial charge is 0.504 e. The van der Waals surface area contributed by atoms with Gasteiger partial charge in [0, 0.05) is 28.1 Å². The molecule has 7 nitrogen and oxygen atoms in total. The Morgan fingerprint density at radius 1 is 0.576 bits per heavy atom. The summed E-state index contributed by atoms with van der Waals surface area (Å²) < 4.78 is 15.7. The Balaban J connectivity index is 1.15. The lowest BCUT2D eigenvalue weighted by Gasteiger charge is -2.38. The smallest absolute Gasteiger partial charge is 0.197 e. The Bertz CT molecular complexity index is 3390. The molecule has 0 radical (unpaired) electrons. The number of aromatic hydroxyl groups is 1. The minimum Gasteiger partial charge on any atom is -0.504 e. The van der Waals surface area contributed by atoms with Crippen LogP contribution in [0.2, 0.25) is 0 Å². The van der Waals surface area contributed by atoms with Crippen molar-refractivity contribution in [1.29, 1.82) is 0 Å². The van der Waals surface area contributed by atoms with Gasteiger partial charge >= 0.3 is 0 Å². The number of benzene rings is 7. The second-order valence-electron chi connectivity index (χ2n) is 16.4. The van der Waals surface area contributed by atoms with Gasteiger partial charge < -0.3 is 14.6 Å². The molecule has 7 aromatic carbocycles. The molecule has 0 aliphatic carbocycles. The van der Waals surface area contributed by atoms with Gasteiger partial charge in [-0.1, -0.05) is 112 Å². The molecule has 0 spiro atoms. The van der Waals surface area contributed by atoms with Crippen molar-refractivity contribution in [3.63, 3.8) is 0 Å². The average Bonchev–Trinajstić information content (AvgIpc) is 3.67. The number of imidazole rings is 1. The number of rotatable bonds is 3. The summed E-state index contributed by atoms with van der Waals surface area (Å²) in [5, 5.41) is 14.9. The van der Waals surface area contributed by atoms with E-state index in [1.54, 1.807) is 0 Å². The van der Waals surface area contributed by atoms with Gasteiger partial charge in [0.15, 0.2) is 28.7 Å². The highest BCUT2D eigenvalue weighted by molar-refractivity contribution is 6.23. The molecule has 2 aliphatic rings. The molecule has 12 rings (SSSR count). The van der Waals surface area contributed by atoms with E-state index in [4.69, 9.17) is 19.4 Å². The average molecular weight is 765 g/mol. The number of anilines is 3. The van der Waals surface area contributed by atoms with Gasteiger partial charge in [-0.3, -0.25) is 14.3 Å². The van der Waals surface area contributed by atoms with Crippen LogP contribution in [0.3, 0.4) is 0 Å². The Morgan fingerprint density at radius 2 is 1.25 bits per heavy atom. The predicted octanol–water partition coefficient (Wildman–Crippen LogP) is 13.9. The summed E-state index contributed by atoms with van der Waals surface area (Å²) in [5.74, 6) is 2.31. The van der Waals surface area contributed by atoms with Crippen LogP contribution in [-0.4, -0.2) is 19.5 Å². The second kappa shape index (κ2) is 12.2. The highest BCUT2D eigenvalue weighted by Gasteiger charge is 2.39. The molecule has 282 valence electrons. The highest BCUT2D eigenvalue weighted by atomic mass is 16.5. The Hall–Kier alpha value is -7.64. The van der Waals surface area contributed by atoms with E-state index in [2.05, 4.69) is 115 Å². The van der Waals surface area contributed by atoms with E-state index in [0.29, 0.717) is 39.7 Å². The molecule has 0 unspecified atom stereocenters. The third-order valence-corrected chi connectivity index (χ3v) is 11.8. The van der Waals surface area contributed by atoms with Crippen molar-refractivity contribution in [3.05, 3.63) is 163 Å². The number of phenols is 1. The monoisotopic (exact) mass is 764 g/mol. The van der Waals surface area contributed by atoms with Crippen LogP contribution >= 0.6 is 0 Å². The first kappa shape index (κ1) is 33.5. The van der Waals surface area contributed by atoms with Gasteiger partial charge in [-0.25, -0.2) is 4.98 Å². The van der Waals surface area contributed by atoms with Gasteiger partial charge in [0.05, 0.1) is 39.0 Å². The van der Waals surface area contributed by atoms with Crippen molar-refractivity contribution in [2.45, 2.75) is 26.2 Å². The normalized spacial score (nSPS) is 13.0. The number of aromatic nitrogens is 3. The molecule has 0 amide bonds. The standard InChI is InChI=1S/C52H36N4O3/c1-52(2,3)34-27-32(26-33(28-34)37-29-31(24-25-53-37)30-14-5-4-6-15-30)35-17-13-21-41-46(35)54-51-45-44(36-16-7-8-18-38(36)56(41)51)49-47-50(48(45)57)59-43-23-12-10-20-40(43)55(47)39-19-9-11-22-42(39)58-49/h4-29,57H,1-3H3. The SMILES string of the molecule is CC(C)(C)c1cc(-c2cc(-c3ccccc3)ccn2)cc(-c2cccc3c2nc2c4c(O)c5c6c(c4c4ccccc4n32)Oc2ccccc2N6c2ccccc2O5)c1.